The van der Waals surface area contributed by atoms with Gasteiger partial charge in [0.2, 0.25) is 0 Å². The number of pyridine rings is 1. The van der Waals surface area contributed by atoms with Crippen molar-refractivity contribution in [3.05, 3.63) is 59.2 Å². The monoisotopic (exact) mass is 362 g/mol. The first kappa shape index (κ1) is 17.7. The minimum absolute atomic E-state index is 0. The van der Waals surface area contributed by atoms with Gasteiger partial charge in [0, 0.05) is 18.0 Å². The molecule has 0 radical (unpaired) electrons. The highest BCUT2D eigenvalue weighted by atomic mass is 35.5. The molecule has 1 fully saturated rings. The largest absolute Gasteiger partial charge is 0.487 e. The summed E-state index contributed by atoms with van der Waals surface area (Å²) in [7, 11) is 0. The number of benzene rings is 1. The summed E-state index contributed by atoms with van der Waals surface area (Å²) in [4.78, 5) is 4.53. The number of rotatable bonds is 5. The van der Waals surface area contributed by atoms with Crippen LogP contribution in [0, 0.1) is 19.7 Å². The van der Waals surface area contributed by atoms with Crippen LogP contribution < -0.4 is 4.74 Å². The topological polar surface area (TPSA) is 39.6 Å². The number of ether oxygens (including phenoxy) is 2. The van der Waals surface area contributed by atoms with Crippen LogP contribution in [0.3, 0.4) is 0 Å². The summed E-state index contributed by atoms with van der Waals surface area (Å²) in [5.74, 6) is 0.552. The molecule has 2 aromatic heterocycles. The number of aryl methyl sites for hydroxylation is 1. The Balaban J connectivity index is 0.00000182. The second-order valence-corrected chi connectivity index (χ2v) is 6.20. The van der Waals surface area contributed by atoms with E-state index < -0.39 is 0 Å². The summed E-state index contributed by atoms with van der Waals surface area (Å²) >= 11 is 0. The standard InChI is InChI=1S/C19H19FN2O2.ClH/c1-12-13(2)22(9-16-11-23-16)19-17(7-8-21-18(12)19)24-10-14-3-5-15(20)6-4-14;/h3-8,16H,9-11H2,1-2H3;1H. The molecule has 0 saturated carbocycles. The van der Waals surface area contributed by atoms with Crippen LogP contribution in [0.25, 0.3) is 11.0 Å². The molecule has 1 aliphatic heterocycles. The molecule has 0 N–H and O–H groups in total. The molecule has 6 heteroatoms. The normalized spacial score (nSPS) is 15.9. The highest BCUT2D eigenvalue weighted by molar-refractivity contribution is 5.86. The van der Waals surface area contributed by atoms with Gasteiger partial charge in [-0.1, -0.05) is 12.1 Å². The molecule has 1 saturated heterocycles. The molecule has 1 unspecified atom stereocenters. The van der Waals surface area contributed by atoms with Crippen molar-refractivity contribution in [3.8, 4) is 5.75 Å². The van der Waals surface area contributed by atoms with Gasteiger partial charge >= 0.3 is 0 Å². The third-order valence-electron chi connectivity index (χ3n) is 4.56. The van der Waals surface area contributed by atoms with E-state index in [1.165, 1.54) is 17.8 Å². The fourth-order valence-electron chi connectivity index (χ4n) is 2.98. The Bertz CT molecular complexity index is 889. The summed E-state index contributed by atoms with van der Waals surface area (Å²) in [6.45, 7) is 6.20. The van der Waals surface area contributed by atoms with Gasteiger partial charge in [-0.05, 0) is 37.1 Å². The van der Waals surface area contributed by atoms with E-state index in [2.05, 4.69) is 23.4 Å². The fraction of sp³-hybridized carbons (Fsp3) is 0.316. The predicted molar refractivity (Wildman–Crippen MR) is 96.9 cm³/mol. The van der Waals surface area contributed by atoms with Gasteiger partial charge in [-0.15, -0.1) is 12.4 Å². The van der Waals surface area contributed by atoms with Crippen molar-refractivity contribution < 1.29 is 13.9 Å². The highest BCUT2D eigenvalue weighted by Crippen LogP contribution is 2.32. The lowest BCUT2D eigenvalue weighted by molar-refractivity contribution is 0.307. The highest BCUT2D eigenvalue weighted by Gasteiger charge is 2.26. The minimum Gasteiger partial charge on any atom is -0.487 e. The molecule has 4 rings (SSSR count). The molecule has 1 aliphatic rings. The Morgan fingerprint density at radius 3 is 2.64 bits per heavy atom. The lowest BCUT2D eigenvalue weighted by atomic mass is 10.2. The average Bonchev–Trinajstić information content (AvgIpc) is 3.38. The Morgan fingerprint density at radius 1 is 1.24 bits per heavy atom. The Labute approximate surface area is 152 Å². The van der Waals surface area contributed by atoms with Gasteiger partial charge < -0.3 is 14.0 Å². The zero-order valence-corrected chi connectivity index (χ0v) is 15.0. The Kier molecular flexibility index (Phi) is 4.97. The van der Waals surface area contributed by atoms with Gasteiger partial charge in [-0.25, -0.2) is 4.39 Å². The zero-order chi connectivity index (χ0) is 16.7. The van der Waals surface area contributed by atoms with Gasteiger partial charge in [-0.2, -0.15) is 0 Å². The van der Waals surface area contributed by atoms with Crippen LogP contribution in [-0.4, -0.2) is 22.3 Å². The van der Waals surface area contributed by atoms with E-state index in [0.29, 0.717) is 6.61 Å². The van der Waals surface area contributed by atoms with Crippen molar-refractivity contribution in [1.82, 2.24) is 9.55 Å². The third kappa shape index (κ3) is 3.48. The van der Waals surface area contributed by atoms with Crippen LogP contribution in [0.2, 0.25) is 0 Å². The molecule has 25 heavy (non-hydrogen) atoms. The van der Waals surface area contributed by atoms with E-state index in [1.807, 2.05) is 6.07 Å². The van der Waals surface area contributed by atoms with Crippen LogP contribution in [0.5, 0.6) is 5.75 Å². The smallest absolute Gasteiger partial charge is 0.147 e. The van der Waals surface area contributed by atoms with Gasteiger partial charge in [0.1, 0.15) is 23.7 Å². The molecule has 0 bridgehead atoms. The number of halogens is 2. The van der Waals surface area contributed by atoms with E-state index in [4.69, 9.17) is 9.47 Å². The number of fused-ring (bicyclic) bond motifs is 1. The SMILES string of the molecule is Cc1c(C)n(CC2CO2)c2c(OCc3ccc(F)cc3)ccnc12.Cl. The van der Waals surface area contributed by atoms with Crippen molar-refractivity contribution in [2.75, 3.05) is 6.61 Å². The van der Waals surface area contributed by atoms with Gasteiger partial charge in [0.05, 0.1) is 24.8 Å². The minimum atomic E-state index is -0.241. The van der Waals surface area contributed by atoms with Crippen LogP contribution in [0.1, 0.15) is 16.8 Å². The molecule has 1 aromatic carbocycles. The summed E-state index contributed by atoms with van der Waals surface area (Å²) < 4.78 is 26.7. The van der Waals surface area contributed by atoms with Crippen LogP contribution in [0.4, 0.5) is 4.39 Å². The number of epoxide rings is 1. The quantitative estimate of drug-likeness (QED) is 0.639. The molecule has 0 aliphatic carbocycles. The van der Waals surface area contributed by atoms with Gasteiger partial charge in [-0.3, -0.25) is 4.98 Å². The summed E-state index contributed by atoms with van der Waals surface area (Å²) in [5, 5.41) is 0. The molecular formula is C19H20ClFN2O2. The second kappa shape index (κ2) is 7.02. The van der Waals surface area contributed by atoms with Gasteiger partial charge in [0.15, 0.2) is 0 Å². The van der Waals surface area contributed by atoms with Crippen LogP contribution in [-0.2, 0) is 17.9 Å². The Hall–Kier alpha value is -2.11. The lowest BCUT2D eigenvalue weighted by Gasteiger charge is -2.11. The van der Waals surface area contributed by atoms with E-state index in [-0.39, 0.29) is 24.3 Å². The van der Waals surface area contributed by atoms with Crippen molar-refractivity contribution in [3.63, 3.8) is 0 Å². The molecular weight excluding hydrogens is 343 g/mol. The van der Waals surface area contributed by atoms with Crippen molar-refractivity contribution in [2.24, 2.45) is 0 Å². The first-order valence-corrected chi connectivity index (χ1v) is 8.06. The van der Waals surface area contributed by atoms with Crippen molar-refractivity contribution >= 4 is 23.4 Å². The lowest BCUT2D eigenvalue weighted by Crippen LogP contribution is -2.07. The molecule has 132 valence electrons. The molecule has 4 nitrogen and oxygen atoms in total. The van der Waals surface area contributed by atoms with Crippen LogP contribution >= 0.6 is 12.4 Å². The summed E-state index contributed by atoms with van der Waals surface area (Å²) in [6, 6.07) is 8.25. The second-order valence-electron chi connectivity index (χ2n) is 6.20. The number of hydrogen-bond donors (Lipinski definition) is 0. The molecule has 0 amide bonds. The number of hydrogen-bond acceptors (Lipinski definition) is 3. The maximum absolute atomic E-state index is 13.0. The summed E-state index contributed by atoms with van der Waals surface area (Å²) in [5.41, 5.74) is 5.25. The van der Waals surface area contributed by atoms with Crippen molar-refractivity contribution in [1.29, 1.82) is 0 Å². The first-order chi connectivity index (χ1) is 11.6. The number of aromatic nitrogens is 2. The molecule has 0 spiro atoms. The average molecular weight is 363 g/mol. The third-order valence-corrected chi connectivity index (χ3v) is 4.56. The van der Waals surface area contributed by atoms with E-state index >= 15 is 0 Å². The summed E-state index contributed by atoms with van der Waals surface area (Å²) in [6.07, 6.45) is 2.05. The molecule has 3 aromatic rings. The van der Waals surface area contributed by atoms with Crippen molar-refractivity contribution in [2.45, 2.75) is 33.1 Å². The zero-order valence-electron chi connectivity index (χ0n) is 14.2. The van der Waals surface area contributed by atoms with E-state index in [0.717, 1.165) is 41.1 Å². The maximum Gasteiger partial charge on any atom is 0.147 e. The van der Waals surface area contributed by atoms with E-state index in [1.54, 1.807) is 18.3 Å². The maximum atomic E-state index is 13.0. The van der Waals surface area contributed by atoms with Gasteiger partial charge in [0.25, 0.3) is 0 Å². The molecule has 1 atom stereocenters. The predicted octanol–water partition coefficient (Wildman–Crippen LogP) is 4.19. The first-order valence-electron chi connectivity index (χ1n) is 8.06. The molecule has 3 heterocycles. The number of nitrogens with zero attached hydrogens (tertiary/aromatic N) is 2. The van der Waals surface area contributed by atoms with E-state index in [9.17, 15) is 4.39 Å². The Morgan fingerprint density at radius 2 is 1.96 bits per heavy atom. The fourth-order valence-corrected chi connectivity index (χ4v) is 2.98. The van der Waals surface area contributed by atoms with Crippen LogP contribution in [0.15, 0.2) is 36.5 Å².